The van der Waals surface area contributed by atoms with Crippen LogP contribution < -0.4 is 19.1 Å². The molecule has 0 aliphatic carbocycles. The second-order valence-corrected chi connectivity index (χ2v) is 7.46. The van der Waals surface area contributed by atoms with Crippen LogP contribution in [0.5, 0.6) is 17.2 Å². The maximum atomic E-state index is 13.2. The van der Waals surface area contributed by atoms with Gasteiger partial charge < -0.3 is 28.6 Å². The summed E-state index contributed by atoms with van der Waals surface area (Å²) < 4.78 is 27.4. The molecule has 0 fully saturated rings. The van der Waals surface area contributed by atoms with Crippen LogP contribution in [-0.2, 0) is 19.1 Å². The van der Waals surface area contributed by atoms with Crippen molar-refractivity contribution >= 4 is 17.6 Å². The summed E-state index contributed by atoms with van der Waals surface area (Å²) in [7, 11) is 3.04. The number of nitrogens with zero attached hydrogens (tertiary/aromatic N) is 1. The molecule has 0 atom stereocenters. The molecule has 0 amide bonds. The number of hydrogen-bond donors (Lipinski definition) is 0. The minimum absolute atomic E-state index is 0.180. The van der Waals surface area contributed by atoms with Crippen molar-refractivity contribution in [3.05, 3.63) is 71.6 Å². The molecule has 0 saturated carbocycles. The summed E-state index contributed by atoms with van der Waals surface area (Å²) in [6.45, 7) is 6.28. The van der Waals surface area contributed by atoms with Gasteiger partial charge in [-0.1, -0.05) is 12.1 Å². The third-order valence-corrected chi connectivity index (χ3v) is 5.39. The number of ether oxygens (including phenoxy) is 5. The molecule has 3 rings (SSSR count). The van der Waals surface area contributed by atoms with E-state index in [1.807, 2.05) is 31.2 Å². The van der Waals surface area contributed by atoms with Gasteiger partial charge in [-0.05, 0) is 51.1 Å². The van der Waals surface area contributed by atoms with Crippen molar-refractivity contribution in [2.45, 2.75) is 26.7 Å². The van der Waals surface area contributed by atoms with Crippen LogP contribution in [0.4, 0.5) is 5.69 Å². The van der Waals surface area contributed by atoms with Gasteiger partial charge in [0.1, 0.15) is 5.75 Å². The summed E-state index contributed by atoms with van der Waals surface area (Å²) >= 11 is 0. The Hall–Kier alpha value is -3.94. The topological polar surface area (TPSA) is 83.5 Å². The van der Waals surface area contributed by atoms with Gasteiger partial charge in [-0.2, -0.15) is 0 Å². The lowest BCUT2D eigenvalue weighted by Gasteiger charge is -2.31. The van der Waals surface area contributed by atoms with Crippen molar-refractivity contribution in [3.63, 3.8) is 0 Å². The van der Waals surface area contributed by atoms with Gasteiger partial charge in [0.25, 0.3) is 0 Å². The number of anilines is 1. The first-order valence-corrected chi connectivity index (χ1v) is 11.5. The number of methoxy groups -OCH3 is 2. The van der Waals surface area contributed by atoms with E-state index in [1.54, 1.807) is 49.3 Å². The number of benzene rings is 2. The van der Waals surface area contributed by atoms with E-state index in [9.17, 15) is 9.59 Å². The van der Waals surface area contributed by atoms with Crippen LogP contribution in [0.1, 0.15) is 32.3 Å². The van der Waals surface area contributed by atoms with Gasteiger partial charge >= 0.3 is 11.9 Å². The van der Waals surface area contributed by atoms with Crippen LogP contribution in [-0.4, -0.2) is 46.0 Å². The van der Waals surface area contributed by atoms with E-state index in [0.29, 0.717) is 23.7 Å². The van der Waals surface area contributed by atoms with Crippen molar-refractivity contribution in [3.8, 4) is 17.2 Å². The third kappa shape index (κ3) is 5.59. The summed E-state index contributed by atoms with van der Waals surface area (Å²) in [5.41, 5.74) is 1.83. The monoisotopic (exact) mass is 481 g/mol. The Balaban J connectivity index is 2.20. The Morgan fingerprint density at radius 2 is 1.40 bits per heavy atom. The van der Waals surface area contributed by atoms with Crippen molar-refractivity contribution in [2.75, 3.05) is 38.9 Å². The lowest BCUT2D eigenvalue weighted by Crippen LogP contribution is -2.29. The number of carbonyl (C=O) groups is 2. The second kappa shape index (κ2) is 12.0. The zero-order chi connectivity index (χ0) is 25.4. The van der Waals surface area contributed by atoms with E-state index < -0.39 is 17.9 Å². The predicted molar refractivity (Wildman–Crippen MR) is 132 cm³/mol. The highest BCUT2D eigenvalue weighted by molar-refractivity contribution is 6.00. The standard InChI is InChI=1S/C27H31NO7/c1-6-33-19-14-12-18(13-15-19)28-16-21(26(29)34-7-2)24(22(17-28)27(30)35-8-3)20-10-9-11-23(31-4)25(20)32-5/h9-17,24H,6-8H2,1-5H3. The number of esters is 2. The Morgan fingerprint density at radius 3 is 1.89 bits per heavy atom. The fraction of sp³-hybridized carbons (Fsp3) is 0.333. The minimum atomic E-state index is -0.794. The maximum absolute atomic E-state index is 13.2. The van der Waals surface area contributed by atoms with Crippen molar-refractivity contribution in [2.24, 2.45) is 0 Å². The van der Waals surface area contributed by atoms with Gasteiger partial charge in [-0.3, -0.25) is 0 Å². The fourth-order valence-corrected chi connectivity index (χ4v) is 3.93. The average molecular weight is 482 g/mol. The van der Waals surface area contributed by atoms with Crippen LogP contribution in [0.15, 0.2) is 66.0 Å². The largest absolute Gasteiger partial charge is 0.494 e. The lowest BCUT2D eigenvalue weighted by atomic mass is 9.82. The summed E-state index contributed by atoms with van der Waals surface area (Å²) in [6.07, 6.45) is 3.33. The van der Waals surface area contributed by atoms with Gasteiger partial charge in [0.15, 0.2) is 11.5 Å². The lowest BCUT2D eigenvalue weighted by molar-refractivity contribution is -0.139. The van der Waals surface area contributed by atoms with E-state index >= 15 is 0 Å². The Morgan fingerprint density at radius 1 is 0.800 bits per heavy atom. The normalized spacial score (nSPS) is 13.5. The molecule has 0 bridgehead atoms. The molecule has 8 heteroatoms. The molecule has 186 valence electrons. The van der Waals surface area contributed by atoms with E-state index in [2.05, 4.69) is 0 Å². The van der Waals surface area contributed by atoms with Crippen molar-refractivity contribution in [1.82, 2.24) is 0 Å². The molecule has 2 aromatic rings. The molecule has 35 heavy (non-hydrogen) atoms. The Bertz CT molecular complexity index is 1070. The summed E-state index contributed by atoms with van der Waals surface area (Å²) in [6, 6.07) is 12.7. The second-order valence-electron chi connectivity index (χ2n) is 7.46. The van der Waals surface area contributed by atoms with Crippen LogP contribution in [0, 0.1) is 0 Å². The summed E-state index contributed by atoms with van der Waals surface area (Å²) in [5, 5.41) is 0. The molecule has 0 radical (unpaired) electrons. The van der Waals surface area contributed by atoms with Crippen molar-refractivity contribution in [1.29, 1.82) is 0 Å². The van der Waals surface area contributed by atoms with E-state index in [4.69, 9.17) is 23.7 Å². The molecular weight excluding hydrogens is 450 g/mol. The van der Waals surface area contributed by atoms with Gasteiger partial charge in [-0.15, -0.1) is 0 Å². The molecule has 1 aliphatic rings. The molecule has 0 N–H and O–H groups in total. The first-order valence-electron chi connectivity index (χ1n) is 11.5. The molecule has 0 aromatic heterocycles. The van der Waals surface area contributed by atoms with E-state index in [-0.39, 0.29) is 24.4 Å². The first-order chi connectivity index (χ1) is 17.0. The SMILES string of the molecule is CCOC(=O)C1=CN(c2ccc(OCC)cc2)C=C(C(=O)OCC)C1c1cccc(OC)c1OC. The van der Waals surface area contributed by atoms with Crippen molar-refractivity contribution < 1.29 is 33.3 Å². The van der Waals surface area contributed by atoms with E-state index in [0.717, 1.165) is 11.4 Å². The summed E-state index contributed by atoms with van der Waals surface area (Å²) in [4.78, 5) is 28.1. The summed E-state index contributed by atoms with van der Waals surface area (Å²) in [5.74, 6) is -0.278. The molecule has 8 nitrogen and oxygen atoms in total. The molecule has 0 saturated heterocycles. The van der Waals surface area contributed by atoms with Gasteiger partial charge in [0, 0.05) is 23.7 Å². The molecule has 2 aromatic carbocycles. The Labute approximate surface area is 205 Å². The quantitative estimate of drug-likeness (QED) is 0.456. The third-order valence-electron chi connectivity index (χ3n) is 5.39. The number of rotatable bonds is 10. The molecule has 1 heterocycles. The minimum Gasteiger partial charge on any atom is -0.494 e. The van der Waals surface area contributed by atoms with Crippen LogP contribution >= 0.6 is 0 Å². The smallest absolute Gasteiger partial charge is 0.336 e. The zero-order valence-corrected chi connectivity index (χ0v) is 20.7. The van der Waals surface area contributed by atoms with Crippen LogP contribution in [0.2, 0.25) is 0 Å². The fourth-order valence-electron chi connectivity index (χ4n) is 3.93. The van der Waals surface area contributed by atoms with Gasteiger partial charge in [0.2, 0.25) is 0 Å². The molecular formula is C27H31NO7. The highest BCUT2D eigenvalue weighted by Crippen LogP contribution is 2.45. The van der Waals surface area contributed by atoms with Crippen LogP contribution in [0.25, 0.3) is 0 Å². The molecule has 0 spiro atoms. The van der Waals surface area contributed by atoms with Gasteiger partial charge in [0.05, 0.1) is 51.1 Å². The first kappa shape index (κ1) is 25.7. The van der Waals surface area contributed by atoms with Gasteiger partial charge in [-0.25, -0.2) is 9.59 Å². The number of carbonyl (C=O) groups excluding carboxylic acids is 2. The zero-order valence-electron chi connectivity index (χ0n) is 20.7. The number of para-hydroxylation sites is 1. The Kier molecular flexibility index (Phi) is 8.78. The number of hydrogen-bond acceptors (Lipinski definition) is 8. The highest BCUT2D eigenvalue weighted by Gasteiger charge is 2.38. The van der Waals surface area contributed by atoms with E-state index in [1.165, 1.54) is 14.2 Å². The predicted octanol–water partition coefficient (Wildman–Crippen LogP) is 4.60. The molecule has 1 aliphatic heterocycles. The van der Waals surface area contributed by atoms with Crippen LogP contribution in [0.3, 0.4) is 0 Å². The average Bonchev–Trinajstić information content (AvgIpc) is 2.88. The highest BCUT2D eigenvalue weighted by atomic mass is 16.5. The maximum Gasteiger partial charge on any atom is 0.336 e. The molecule has 0 unspecified atom stereocenters.